The van der Waals surface area contributed by atoms with Crippen LogP contribution in [0.1, 0.15) is 72.1 Å². The summed E-state index contributed by atoms with van der Waals surface area (Å²) in [5.74, 6) is -2.95. The number of carbonyl (C=O) groups is 8. The lowest BCUT2D eigenvalue weighted by Gasteiger charge is -2.37. The Morgan fingerprint density at radius 3 is 1.26 bits per heavy atom. The molecule has 0 bridgehead atoms. The lowest BCUT2D eigenvalue weighted by atomic mass is 9.98. The summed E-state index contributed by atoms with van der Waals surface area (Å²) in [6.45, 7) is -1.01. The van der Waals surface area contributed by atoms with Crippen molar-refractivity contribution in [1.29, 1.82) is 0 Å². The number of alkyl carbamates (subject to hydrolysis) is 2. The summed E-state index contributed by atoms with van der Waals surface area (Å²) in [7, 11) is 2.41. The number of hydrogen-bond acceptors (Lipinski definition) is 12. The van der Waals surface area contributed by atoms with Gasteiger partial charge >= 0.3 is 24.1 Å². The number of piperidine rings is 2. The number of carbonyl (C=O) groups excluding carboxylic acids is 8. The molecule has 4 heterocycles. The molecule has 16 nitrogen and oxygen atoms in total. The number of methoxy groups -OCH3 is 2. The van der Waals surface area contributed by atoms with Crippen LogP contribution in [0.25, 0.3) is 11.1 Å². The minimum atomic E-state index is -0.839. The summed E-state index contributed by atoms with van der Waals surface area (Å²) >= 11 is 0. The Bertz CT molecular complexity index is 1680. The molecule has 6 atom stereocenters. The first-order valence-electron chi connectivity index (χ1n) is 17.9. The first-order chi connectivity index (χ1) is 26.0. The number of Topliss-reactive ketones (excluding diaryl/α,β-unsaturated/α-hetero) is 2. The first-order valence-corrected chi connectivity index (χ1v) is 17.9. The molecule has 0 radical (unpaired) electrons. The zero-order chi connectivity index (χ0) is 38.5. The van der Waals surface area contributed by atoms with Crippen LogP contribution >= 0.6 is 0 Å². The van der Waals surface area contributed by atoms with Gasteiger partial charge < -0.3 is 39.4 Å². The van der Waals surface area contributed by atoms with Crippen LogP contribution in [-0.4, -0.2) is 121 Å². The lowest BCUT2D eigenvalue weighted by molar-refractivity contribution is -0.155. The number of esters is 2. The topological polar surface area (TPSA) is 204 Å². The van der Waals surface area contributed by atoms with Gasteiger partial charge in [-0.1, -0.05) is 48.5 Å². The number of benzene rings is 2. The fourth-order valence-electron chi connectivity index (χ4n) is 7.79. The number of amides is 4. The molecular weight excluding hydrogens is 704 g/mol. The van der Waals surface area contributed by atoms with Crippen molar-refractivity contribution in [2.75, 3.05) is 27.4 Å². The van der Waals surface area contributed by atoms with Gasteiger partial charge in [-0.3, -0.25) is 19.2 Å². The van der Waals surface area contributed by atoms with Crippen molar-refractivity contribution in [2.45, 2.75) is 87.6 Å². The quantitative estimate of drug-likeness (QED) is 0.194. The van der Waals surface area contributed by atoms with Crippen LogP contribution < -0.4 is 10.6 Å². The van der Waals surface area contributed by atoms with Crippen LogP contribution in [0.2, 0.25) is 0 Å². The molecule has 6 unspecified atom stereocenters. The van der Waals surface area contributed by atoms with Gasteiger partial charge in [-0.15, -0.1) is 0 Å². The van der Waals surface area contributed by atoms with E-state index in [2.05, 4.69) is 20.1 Å². The fraction of sp³-hybridized carbons (Fsp3) is 0.474. The van der Waals surface area contributed by atoms with Crippen molar-refractivity contribution in [2.24, 2.45) is 0 Å². The van der Waals surface area contributed by atoms with Crippen LogP contribution in [0.4, 0.5) is 9.59 Å². The van der Waals surface area contributed by atoms with Crippen molar-refractivity contribution in [3.05, 3.63) is 59.7 Å². The van der Waals surface area contributed by atoms with Gasteiger partial charge in [-0.25, -0.2) is 19.2 Å². The maximum Gasteiger partial charge on any atom is 0.407 e. The van der Waals surface area contributed by atoms with E-state index >= 15 is 0 Å². The van der Waals surface area contributed by atoms with Crippen LogP contribution in [0.5, 0.6) is 0 Å². The molecule has 4 aliphatic rings. The second-order valence-corrected chi connectivity index (χ2v) is 13.7. The van der Waals surface area contributed by atoms with Crippen LogP contribution in [-0.2, 0) is 38.1 Å². The first kappa shape index (κ1) is 37.9. The molecule has 0 aliphatic carbocycles. The Morgan fingerprint density at radius 2 is 0.907 bits per heavy atom. The minimum Gasteiger partial charge on any atom is -0.456 e. The van der Waals surface area contributed by atoms with Crippen LogP contribution in [0.3, 0.4) is 0 Å². The summed E-state index contributed by atoms with van der Waals surface area (Å²) < 4.78 is 19.9. The highest BCUT2D eigenvalue weighted by Gasteiger charge is 2.48. The lowest BCUT2D eigenvalue weighted by Crippen LogP contribution is -2.57. The van der Waals surface area contributed by atoms with E-state index in [1.807, 2.05) is 0 Å². The van der Waals surface area contributed by atoms with E-state index in [1.54, 1.807) is 48.5 Å². The van der Waals surface area contributed by atoms with E-state index in [4.69, 9.17) is 9.47 Å². The summed E-state index contributed by atoms with van der Waals surface area (Å²) in [5.41, 5.74) is 2.14. The molecule has 4 amide bonds. The van der Waals surface area contributed by atoms with Crippen LogP contribution in [0.15, 0.2) is 48.5 Å². The molecule has 2 aromatic carbocycles. The highest BCUT2D eigenvalue weighted by molar-refractivity contribution is 6.00. The van der Waals surface area contributed by atoms with Gasteiger partial charge in [0.1, 0.15) is 24.2 Å². The minimum absolute atomic E-state index is 0.134. The number of nitrogens with zero attached hydrogens (tertiary/aromatic N) is 2. The highest BCUT2D eigenvalue weighted by atomic mass is 16.6. The standard InChI is InChI=1S/C38H42N4O12/c1-51-37(49)39-27-15-11-25-13-17-29(41(25)33(27)45)35(47)53-19-31(43)23-7-3-21(4-8-23)22-5-9-24(10-6-22)32(44)20-54-36(48)30-18-14-26-12-16-28(34(46)42(26)30)40-38(50)52-2/h3-10,25-30H,11-20H2,1-2H3,(H,39,49)(H,40,50). The highest BCUT2D eigenvalue weighted by Crippen LogP contribution is 2.34. The number of hydrogen-bond donors (Lipinski definition) is 2. The van der Waals surface area contributed by atoms with Crippen molar-refractivity contribution >= 4 is 47.5 Å². The zero-order valence-electron chi connectivity index (χ0n) is 29.9. The summed E-state index contributed by atoms with van der Waals surface area (Å²) in [5, 5.41) is 5.01. The molecule has 54 heavy (non-hydrogen) atoms. The molecule has 0 spiro atoms. The number of nitrogens with one attached hydrogen (secondary N) is 2. The molecule has 2 N–H and O–H groups in total. The van der Waals surface area contributed by atoms with E-state index in [-0.39, 0.29) is 23.9 Å². The second kappa shape index (κ2) is 16.5. The van der Waals surface area contributed by atoms with Gasteiger partial charge in [0.15, 0.2) is 24.8 Å². The predicted molar refractivity (Wildman–Crippen MR) is 187 cm³/mol. The van der Waals surface area contributed by atoms with Crippen molar-refractivity contribution < 1.29 is 57.3 Å². The number of rotatable bonds is 11. The van der Waals surface area contributed by atoms with Gasteiger partial charge in [0.05, 0.1) is 14.2 Å². The molecule has 16 heteroatoms. The van der Waals surface area contributed by atoms with Gasteiger partial charge in [0.2, 0.25) is 11.8 Å². The van der Waals surface area contributed by atoms with Gasteiger partial charge in [-0.2, -0.15) is 0 Å². The second-order valence-electron chi connectivity index (χ2n) is 13.7. The van der Waals surface area contributed by atoms with Gasteiger partial charge in [0.25, 0.3) is 0 Å². The fourth-order valence-corrected chi connectivity index (χ4v) is 7.79. The van der Waals surface area contributed by atoms with Crippen molar-refractivity contribution in [1.82, 2.24) is 20.4 Å². The summed E-state index contributed by atoms with van der Waals surface area (Å²) in [6, 6.07) is 9.74. The molecule has 4 aliphatic heterocycles. The molecule has 0 aromatic heterocycles. The zero-order valence-corrected chi connectivity index (χ0v) is 29.9. The number of ether oxygens (including phenoxy) is 4. The van der Waals surface area contributed by atoms with Gasteiger partial charge in [-0.05, 0) is 62.5 Å². The Kier molecular flexibility index (Phi) is 11.6. The van der Waals surface area contributed by atoms with E-state index < -0.39 is 73.1 Å². The maximum atomic E-state index is 13.0. The van der Waals surface area contributed by atoms with Gasteiger partial charge in [0, 0.05) is 23.2 Å². The molecule has 286 valence electrons. The summed E-state index contributed by atoms with van der Waals surface area (Å²) in [4.78, 5) is 104. The number of ketones is 2. The SMILES string of the molecule is COC(=O)NC1CCC2CCC(C(=O)OCC(=O)c3ccc(-c4ccc(C(=O)COC(=O)C5CCC6CCC(NC(=O)OC)C(=O)N65)cc4)cc3)N2C1=O. The largest absolute Gasteiger partial charge is 0.456 e. The third-order valence-electron chi connectivity index (χ3n) is 10.6. The molecule has 0 saturated carbocycles. The van der Waals surface area contributed by atoms with Crippen LogP contribution in [0, 0.1) is 0 Å². The van der Waals surface area contributed by atoms with E-state index in [1.165, 1.54) is 24.0 Å². The predicted octanol–water partition coefficient (Wildman–Crippen LogP) is 2.56. The molecule has 6 rings (SSSR count). The molecule has 4 saturated heterocycles. The number of fused-ring (bicyclic) bond motifs is 2. The van der Waals surface area contributed by atoms with Crippen molar-refractivity contribution in [3.8, 4) is 11.1 Å². The normalized spacial score (nSPS) is 24.5. The van der Waals surface area contributed by atoms with E-state index in [0.29, 0.717) is 62.5 Å². The Labute approximate surface area is 310 Å². The molecule has 2 aromatic rings. The average molecular weight is 747 g/mol. The summed E-state index contributed by atoms with van der Waals surface area (Å²) in [6.07, 6.45) is 2.72. The molecule has 4 fully saturated rings. The molecular formula is C38H42N4O12. The smallest absolute Gasteiger partial charge is 0.407 e. The van der Waals surface area contributed by atoms with E-state index in [0.717, 1.165) is 11.1 Å². The van der Waals surface area contributed by atoms with E-state index in [9.17, 15) is 38.4 Å². The Morgan fingerprint density at radius 1 is 0.556 bits per heavy atom. The maximum absolute atomic E-state index is 13.0. The Hall–Kier alpha value is -5.80. The monoisotopic (exact) mass is 746 g/mol. The van der Waals surface area contributed by atoms with Crippen molar-refractivity contribution in [3.63, 3.8) is 0 Å². The third kappa shape index (κ3) is 8.06. The third-order valence-corrected chi connectivity index (χ3v) is 10.6. The Balaban J connectivity index is 0.974. The average Bonchev–Trinajstić information content (AvgIpc) is 3.84.